The number of carbonyl (C=O) groups excluding carboxylic acids is 2. The predicted octanol–water partition coefficient (Wildman–Crippen LogP) is 4.38. The molecule has 1 atom stereocenters. The number of halogens is 3. The van der Waals surface area contributed by atoms with Gasteiger partial charge >= 0.3 is 0 Å². The molecule has 1 N–H and O–H groups in total. The molecule has 0 radical (unpaired) electrons. The molecule has 0 unspecified atom stereocenters. The second kappa shape index (κ2) is 11.6. The van der Waals surface area contributed by atoms with E-state index in [0.29, 0.717) is 27.7 Å². The van der Waals surface area contributed by atoms with Gasteiger partial charge in [-0.25, -0.2) is 8.42 Å². The van der Waals surface area contributed by atoms with Gasteiger partial charge in [-0.1, -0.05) is 52.1 Å². The molecular formula is C22H26BrCl2N3O4S. The predicted molar refractivity (Wildman–Crippen MR) is 136 cm³/mol. The maximum absolute atomic E-state index is 13.5. The van der Waals surface area contributed by atoms with Gasteiger partial charge in [0.05, 0.1) is 11.9 Å². The zero-order valence-electron chi connectivity index (χ0n) is 18.7. The SMILES string of the molecule is CC[C@H](C(=O)NC)N(Cc1c(Cl)cccc1Cl)C(=O)CN(c1ccc(Br)c(C)c1)S(C)(=O)=O. The van der Waals surface area contributed by atoms with Crippen LogP contribution in [0.1, 0.15) is 24.5 Å². The highest BCUT2D eigenvalue weighted by Crippen LogP contribution is 2.28. The first-order valence-electron chi connectivity index (χ1n) is 10.1. The molecule has 0 aromatic heterocycles. The molecule has 2 aromatic rings. The van der Waals surface area contributed by atoms with Gasteiger partial charge in [0, 0.05) is 33.7 Å². The third-order valence-corrected chi connectivity index (χ3v) is 7.87. The first-order valence-corrected chi connectivity index (χ1v) is 13.5. The van der Waals surface area contributed by atoms with Gasteiger partial charge in [-0.05, 0) is 49.2 Å². The molecule has 0 bridgehead atoms. The Hall–Kier alpha value is -1.81. The minimum atomic E-state index is -3.81. The molecule has 2 rings (SSSR count). The molecule has 0 saturated carbocycles. The molecule has 33 heavy (non-hydrogen) atoms. The summed E-state index contributed by atoms with van der Waals surface area (Å²) in [4.78, 5) is 27.4. The molecule has 0 aliphatic carbocycles. The highest BCUT2D eigenvalue weighted by atomic mass is 79.9. The number of nitrogens with zero attached hydrogens (tertiary/aromatic N) is 2. The van der Waals surface area contributed by atoms with E-state index < -0.39 is 28.5 Å². The molecule has 0 aliphatic rings. The molecule has 180 valence electrons. The van der Waals surface area contributed by atoms with Gasteiger partial charge in [0.15, 0.2) is 0 Å². The Kier molecular flexibility index (Phi) is 9.60. The second-order valence-electron chi connectivity index (χ2n) is 7.46. The van der Waals surface area contributed by atoms with Crippen LogP contribution in [0.15, 0.2) is 40.9 Å². The zero-order chi connectivity index (χ0) is 24.9. The van der Waals surface area contributed by atoms with E-state index >= 15 is 0 Å². The summed E-state index contributed by atoms with van der Waals surface area (Å²) >= 11 is 16.0. The van der Waals surface area contributed by atoms with E-state index in [-0.39, 0.29) is 12.5 Å². The van der Waals surface area contributed by atoms with Crippen LogP contribution in [-0.4, -0.2) is 51.0 Å². The van der Waals surface area contributed by atoms with E-state index in [4.69, 9.17) is 23.2 Å². The maximum atomic E-state index is 13.5. The fraction of sp³-hybridized carbons (Fsp3) is 0.364. The number of likely N-dealkylation sites (N-methyl/N-ethyl adjacent to an activating group) is 1. The van der Waals surface area contributed by atoms with E-state index in [1.807, 2.05) is 6.92 Å². The van der Waals surface area contributed by atoms with Crippen molar-refractivity contribution in [3.8, 4) is 0 Å². The molecule has 0 fully saturated rings. The Balaban J connectivity index is 2.51. The molecule has 0 spiro atoms. The van der Waals surface area contributed by atoms with Crippen LogP contribution < -0.4 is 9.62 Å². The lowest BCUT2D eigenvalue weighted by atomic mass is 10.1. The topological polar surface area (TPSA) is 86.8 Å². The monoisotopic (exact) mass is 577 g/mol. The Morgan fingerprint density at radius 3 is 2.24 bits per heavy atom. The van der Waals surface area contributed by atoms with Crippen molar-refractivity contribution in [2.75, 3.05) is 24.2 Å². The van der Waals surface area contributed by atoms with Crippen LogP contribution in [0.25, 0.3) is 0 Å². The van der Waals surface area contributed by atoms with Crippen molar-refractivity contribution in [3.63, 3.8) is 0 Å². The number of carbonyl (C=O) groups is 2. The number of anilines is 1. The van der Waals surface area contributed by atoms with Crippen molar-refractivity contribution in [2.45, 2.75) is 32.9 Å². The van der Waals surface area contributed by atoms with Crippen LogP contribution in [0.2, 0.25) is 10.0 Å². The van der Waals surface area contributed by atoms with E-state index in [2.05, 4.69) is 21.2 Å². The Morgan fingerprint density at radius 1 is 1.15 bits per heavy atom. The Morgan fingerprint density at radius 2 is 1.76 bits per heavy atom. The van der Waals surface area contributed by atoms with Crippen molar-refractivity contribution in [1.82, 2.24) is 10.2 Å². The molecule has 0 aliphatic heterocycles. The molecule has 11 heteroatoms. The van der Waals surface area contributed by atoms with E-state index in [9.17, 15) is 18.0 Å². The molecule has 2 amide bonds. The summed E-state index contributed by atoms with van der Waals surface area (Å²) < 4.78 is 27.0. The Labute approximate surface area is 213 Å². The lowest BCUT2D eigenvalue weighted by Gasteiger charge is -2.33. The number of amides is 2. The second-order valence-corrected chi connectivity index (χ2v) is 11.0. The number of hydrogen-bond donors (Lipinski definition) is 1. The third-order valence-electron chi connectivity index (χ3n) is 5.13. The van der Waals surface area contributed by atoms with Crippen molar-refractivity contribution in [2.24, 2.45) is 0 Å². The van der Waals surface area contributed by atoms with E-state index in [1.54, 1.807) is 43.3 Å². The number of aryl methyl sites for hydroxylation is 1. The van der Waals surface area contributed by atoms with Gasteiger partial charge in [-0.3, -0.25) is 13.9 Å². The number of rotatable bonds is 9. The smallest absolute Gasteiger partial charge is 0.244 e. The number of sulfonamides is 1. The highest BCUT2D eigenvalue weighted by molar-refractivity contribution is 9.10. The fourth-order valence-electron chi connectivity index (χ4n) is 3.34. The van der Waals surface area contributed by atoms with Crippen LogP contribution >= 0.6 is 39.1 Å². The van der Waals surface area contributed by atoms with Crippen molar-refractivity contribution < 1.29 is 18.0 Å². The summed E-state index contributed by atoms with van der Waals surface area (Å²) in [6.45, 7) is 3.04. The largest absolute Gasteiger partial charge is 0.357 e. The standard InChI is InChI=1S/C22H26BrCl2N3O4S/c1-5-20(22(30)26-3)27(12-16-18(24)7-6-8-19(16)25)21(29)13-28(33(4,31)32)15-9-10-17(23)14(2)11-15/h6-11,20H,5,12-13H2,1-4H3,(H,26,30)/t20-/m1/s1. The van der Waals surface area contributed by atoms with E-state index in [1.165, 1.54) is 11.9 Å². The van der Waals surface area contributed by atoms with Crippen LogP contribution in [-0.2, 0) is 26.2 Å². The molecular weight excluding hydrogens is 553 g/mol. The van der Waals surface area contributed by atoms with Gasteiger partial charge in [0.25, 0.3) is 0 Å². The van der Waals surface area contributed by atoms with E-state index in [0.717, 1.165) is 20.6 Å². The minimum Gasteiger partial charge on any atom is -0.357 e. The van der Waals surface area contributed by atoms with Crippen molar-refractivity contribution >= 4 is 66.7 Å². The third kappa shape index (κ3) is 6.85. The zero-order valence-corrected chi connectivity index (χ0v) is 22.6. The van der Waals surface area contributed by atoms with Crippen LogP contribution in [0.5, 0.6) is 0 Å². The number of nitrogens with one attached hydrogen (secondary N) is 1. The molecule has 2 aromatic carbocycles. The summed E-state index contributed by atoms with van der Waals surface area (Å²) in [6, 6.07) is 9.11. The van der Waals surface area contributed by atoms with Crippen molar-refractivity contribution in [3.05, 3.63) is 62.0 Å². The molecule has 0 heterocycles. The average molecular weight is 579 g/mol. The van der Waals surface area contributed by atoms with Gasteiger partial charge < -0.3 is 10.2 Å². The van der Waals surface area contributed by atoms with Gasteiger partial charge in [0.1, 0.15) is 12.6 Å². The average Bonchev–Trinajstić information content (AvgIpc) is 2.74. The first kappa shape index (κ1) is 27.4. The summed E-state index contributed by atoms with van der Waals surface area (Å²) in [7, 11) is -2.33. The summed E-state index contributed by atoms with van der Waals surface area (Å²) in [5, 5.41) is 3.25. The van der Waals surface area contributed by atoms with Crippen LogP contribution in [0.3, 0.4) is 0 Å². The lowest BCUT2D eigenvalue weighted by molar-refractivity contribution is -0.140. The van der Waals surface area contributed by atoms with Crippen LogP contribution in [0.4, 0.5) is 5.69 Å². The van der Waals surface area contributed by atoms with Gasteiger partial charge in [-0.15, -0.1) is 0 Å². The highest BCUT2D eigenvalue weighted by Gasteiger charge is 2.32. The lowest BCUT2D eigenvalue weighted by Crippen LogP contribution is -2.51. The normalized spacial score (nSPS) is 12.2. The maximum Gasteiger partial charge on any atom is 0.244 e. The minimum absolute atomic E-state index is 0.0553. The fourth-order valence-corrected chi connectivity index (χ4v) is 4.94. The summed E-state index contributed by atoms with van der Waals surface area (Å²) in [5.41, 5.74) is 1.63. The molecule has 7 nitrogen and oxygen atoms in total. The van der Waals surface area contributed by atoms with Crippen molar-refractivity contribution in [1.29, 1.82) is 0 Å². The Bertz CT molecular complexity index is 1120. The first-order chi connectivity index (χ1) is 15.4. The number of hydrogen-bond acceptors (Lipinski definition) is 4. The van der Waals surface area contributed by atoms with Crippen LogP contribution in [0, 0.1) is 6.92 Å². The summed E-state index contributed by atoms with van der Waals surface area (Å²) in [6.07, 6.45) is 1.34. The van der Waals surface area contributed by atoms with Gasteiger partial charge in [0.2, 0.25) is 21.8 Å². The summed E-state index contributed by atoms with van der Waals surface area (Å²) in [5.74, 6) is -0.938. The van der Waals surface area contributed by atoms with Gasteiger partial charge in [-0.2, -0.15) is 0 Å². The number of benzene rings is 2. The quantitative estimate of drug-likeness (QED) is 0.478. The molecule has 0 saturated heterocycles.